The van der Waals surface area contributed by atoms with E-state index in [1.165, 1.54) is 25.0 Å². The van der Waals surface area contributed by atoms with Gasteiger partial charge in [-0.3, -0.25) is 4.68 Å². The maximum absolute atomic E-state index is 10.3. The molecule has 0 amide bonds. The van der Waals surface area contributed by atoms with Crippen molar-refractivity contribution >= 4 is 0 Å². The number of hydrogen-bond acceptors (Lipinski definition) is 2. The zero-order valence-corrected chi connectivity index (χ0v) is 11.2. The van der Waals surface area contributed by atoms with Gasteiger partial charge in [0.15, 0.2) is 0 Å². The summed E-state index contributed by atoms with van der Waals surface area (Å²) in [7, 11) is 0. The van der Waals surface area contributed by atoms with Gasteiger partial charge in [0.2, 0.25) is 0 Å². The van der Waals surface area contributed by atoms with E-state index in [1.807, 2.05) is 11.6 Å². The van der Waals surface area contributed by atoms with Gasteiger partial charge in [-0.2, -0.15) is 5.10 Å². The molecule has 96 valence electrons. The Balaban J connectivity index is 1.99. The molecule has 3 atom stereocenters. The van der Waals surface area contributed by atoms with Crippen LogP contribution in [0.1, 0.15) is 44.5 Å². The number of aliphatic hydroxyl groups excluding tert-OH is 1. The Morgan fingerprint density at radius 2 is 2.29 bits per heavy atom. The van der Waals surface area contributed by atoms with E-state index in [0.717, 1.165) is 24.6 Å². The Morgan fingerprint density at radius 1 is 1.53 bits per heavy atom. The second kappa shape index (κ2) is 5.21. The molecule has 0 aromatic carbocycles. The van der Waals surface area contributed by atoms with Crippen LogP contribution in [0.2, 0.25) is 0 Å². The van der Waals surface area contributed by atoms with Gasteiger partial charge >= 0.3 is 0 Å². The van der Waals surface area contributed by atoms with Gasteiger partial charge < -0.3 is 5.11 Å². The number of rotatable bonds is 4. The molecule has 1 aromatic rings. The molecular weight excluding hydrogens is 212 g/mol. The molecule has 0 radical (unpaired) electrons. The lowest BCUT2D eigenvalue weighted by molar-refractivity contribution is 0.107. The lowest BCUT2D eigenvalue weighted by Crippen LogP contribution is -2.22. The summed E-state index contributed by atoms with van der Waals surface area (Å²) < 4.78 is 2.01. The van der Waals surface area contributed by atoms with Crippen LogP contribution in [0.4, 0.5) is 0 Å². The van der Waals surface area contributed by atoms with Crippen LogP contribution in [-0.4, -0.2) is 21.0 Å². The zero-order valence-electron chi connectivity index (χ0n) is 11.2. The van der Waals surface area contributed by atoms with Gasteiger partial charge in [-0.25, -0.2) is 0 Å². The average molecular weight is 236 g/mol. The van der Waals surface area contributed by atoms with E-state index < -0.39 is 0 Å². The smallest absolute Gasteiger partial charge is 0.0623 e. The second-order valence-corrected chi connectivity index (χ2v) is 5.54. The van der Waals surface area contributed by atoms with Crippen LogP contribution < -0.4 is 0 Å². The fraction of sp³-hybridized carbons (Fsp3) is 0.786. The molecule has 1 N–H and O–H groups in total. The molecule has 0 saturated heterocycles. The Labute approximate surface area is 104 Å². The van der Waals surface area contributed by atoms with Gasteiger partial charge in [-0.1, -0.05) is 13.3 Å². The molecule has 3 heteroatoms. The molecule has 2 rings (SSSR count). The van der Waals surface area contributed by atoms with Gasteiger partial charge in [0.05, 0.1) is 11.8 Å². The highest BCUT2D eigenvalue weighted by molar-refractivity contribution is 5.10. The summed E-state index contributed by atoms with van der Waals surface area (Å²) in [6, 6.07) is 2.10. The minimum absolute atomic E-state index is 0.193. The minimum atomic E-state index is -0.193. The quantitative estimate of drug-likeness (QED) is 0.872. The predicted octanol–water partition coefficient (Wildman–Crippen LogP) is 2.55. The van der Waals surface area contributed by atoms with Crippen molar-refractivity contribution in [3.05, 3.63) is 17.5 Å². The zero-order chi connectivity index (χ0) is 12.4. The molecule has 0 aliphatic heterocycles. The molecule has 1 fully saturated rings. The third-order valence-corrected chi connectivity index (χ3v) is 3.98. The molecule has 1 aliphatic rings. The van der Waals surface area contributed by atoms with E-state index in [2.05, 4.69) is 25.0 Å². The average Bonchev–Trinajstić information content (AvgIpc) is 2.85. The van der Waals surface area contributed by atoms with Crippen LogP contribution in [0.3, 0.4) is 0 Å². The van der Waals surface area contributed by atoms with Crippen LogP contribution in [0.25, 0.3) is 0 Å². The van der Waals surface area contributed by atoms with Crippen LogP contribution >= 0.6 is 0 Å². The fourth-order valence-electron chi connectivity index (χ4n) is 3.02. The van der Waals surface area contributed by atoms with Crippen molar-refractivity contribution in [2.24, 2.45) is 11.8 Å². The van der Waals surface area contributed by atoms with Crippen LogP contribution in [0.15, 0.2) is 6.07 Å². The van der Waals surface area contributed by atoms with Gasteiger partial charge in [0, 0.05) is 18.7 Å². The molecule has 1 saturated carbocycles. The highest BCUT2D eigenvalue weighted by Gasteiger charge is 2.28. The largest absolute Gasteiger partial charge is 0.392 e. The third-order valence-electron chi connectivity index (χ3n) is 3.98. The lowest BCUT2D eigenvalue weighted by atomic mass is 9.96. The summed E-state index contributed by atoms with van der Waals surface area (Å²) >= 11 is 0. The minimum Gasteiger partial charge on any atom is -0.392 e. The first-order valence-corrected chi connectivity index (χ1v) is 6.81. The van der Waals surface area contributed by atoms with E-state index in [9.17, 15) is 5.11 Å². The van der Waals surface area contributed by atoms with Gasteiger partial charge in [-0.05, 0) is 44.6 Å². The maximum atomic E-state index is 10.3. The molecular formula is C14H24N2O. The number of aromatic nitrogens is 2. The topological polar surface area (TPSA) is 38.0 Å². The molecule has 1 heterocycles. The van der Waals surface area contributed by atoms with Crippen molar-refractivity contribution < 1.29 is 5.11 Å². The first-order valence-electron chi connectivity index (χ1n) is 6.81. The summed E-state index contributed by atoms with van der Waals surface area (Å²) in [5.41, 5.74) is 2.23. The van der Waals surface area contributed by atoms with Gasteiger partial charge in [0.1, 0.15) is 0 Å². The molecule has 17 heavy (non-hydrogen) atoms. The van der Waals surface area contributed by atoms with Gasteiger partial charge in [0.25, 0.3) is 0 Å². The highest BCUT2D eigenvalue weighted by atomic mass is 16.3. The summed E-state index contributed by atoms with van der Waals surface area (Å²) in [5.74, 6) is 1.28. The first kappa shape index (κ1) is 12.6. The normalized spacial score (nSPS) is 26.4. The molecule has 0 bridgehead atoms. The number of hydrogen-bond donors (Lipinski definition) is 1. The second-order valence-electron chi connectivity index (χ2n) is 5.54. The van der Waals surface area contributed by atoms with Crippen LogP contribution in [0, 0.1) is 18.8 Å². The monoisotopic (exact) mass is 236 g/mol. The molecule has 1 aromatic heterocycles. The molecule has 1 aliphatic carbocycles. The summed E-state index contributed by atoms with van der Waals surface area (Å²) in [6.07, 6.45) is 4.20. The van der Waals surface area contributed by atoms with Crippen molar-refractivity contribution in [1.29, 1.82) is 0 Å². The Morgan fingerprint density at radius 3 is 2.88 bits per heavy atom. The molecule has 3 nitrogen and oxygen atoms in total. The van der Waals surface area contributed by atoms with Crippen molar-refractivity contribution in [3.8, 4) is 0 Å². The Hall–Kier alpha value is -0.830. The van der Waals surface area contributed by atoms with E-state index >= 15 is 0 Å². The van der Waals surface area contributed by atoms with Crippen molar-refractivity contribution in [2.45, 2.75) is 59.1 Å². The summed E-state index contributed by atoms with van der Waals surface area (Å²) in [6.45, 7) is 7.28. The molecule has 3 unspecified atom stereocenters. The van der Waals surface area contributed by atoms with E-state index in [0.29, 0.717) is 5.92 Å². The third kappa shape index (κ3) is 2.89. The number of aryl methyl sites for hydroxylation is 2. The van der Waals surface area contributed by atoms with Crippen molar-refractivity contribution in [1.82, 2.24) is 9.78 Å². The maximum Gasteiger partial charge on any atom is 0.0623 e. The van der Waals surface area contributed by atoms with Crippen LogP contribution in [-0.2, 0) is 13.0 Å². The predicted molar refractivity (Wildman–Crippen MR) is 68.9 cm³/mol. The van der Waals surface area contributed by atoms with E-state index in [1.54, 1.807) is 0 Å². The Bertz CT molecular complexity index is 372. The van der Waals surface area contributed by atoms with Crippen LogP contribution in [0.5, 0.6) is 0 Å². The summed E-state index contributed by atoms with van der Waals surface area (Å²) in [5, 5.41) is 14.7. The molecule has 0 spiro atoms. The lowest BCUT2D eigenvalue weighted by Gasteiger charge is -2.18. The summed E-state index contributed by atoms with van der Waals surface area (Å²) in [4.78, 5) is 0. The standard InChI is InChI=1S/C14H24N2O/c1-4-16-13(8-11(3)15-16)9-14(17)12-6-5-10(2)7-12/h8,10,12,14,17H,4-7,9H2,1-3H3. The van der Waals surface area contributed by atoms with E-state index in [-0.39, 0.29) is 6.10 Å². The van der Waals surface area contributed by atoms with E-state index in [4.69, 9.17) is 0 Å². The number of nitrogens with zero attached hydrogens (tertiary/aromatic N) is 2. The van der Waals surface area contributed by atoms with Crippen molar-refractivity contribution in [2.75, 3.05) is 0 Å². The Kier molecular flexibility index (Phi) is 3.87. The first-order chi connectivity index (χ1) is 8.10. The number of aliphatic hydroxyl groups is 1. The fourth-order valence-corrected chi connectivity index (χ4v) is 3.02. The van der Waals surface area contributed by atoms with Gasteiger partial charge in [-0.15, -0.1) is 0 Å². The SMILES string of the molecule is CCn1nc(C)cc1CC(O)C1CCC(C)C1. The highest BCUT2D eigenvalue weighted by Crippen LogP contribution is 2.33. The van der Waals surface area contributed by atoms with Crippen molar-refractivity contribution in [3.63, 3.8) is 0 Å².